The van der Waals surface area contributed by atoms with Crippen molar-refractivity contribution in [3.63, 3.8) is 0 Å². The second kappa shape index (κ2) is 7.24. The highest BCUT2D eigenvalue weighted by atomic mass is 79.9. The molecule has 0 aliphatic carbocycles. The molecule has 0 unspecified atom stereocenters. The molecule has 0 spiro atoms. The zero-order chi connectivity index (χ0) is 16.2. The molecule has 0 amide bonds. The Morgan fingerprint density at radius 2 is 1.82 bits per heavy atom. The smallest absolute Gasteiger partial charge is 0.264 e. The van der Waals surface area contributed by atoms with E-state index in [2.05, 4.69) is 27.6 Å². The largest absolute Gasteiger partial charge is 0.280 e. The normalized spacial score (nSPS) is 11.4. The standard InChI is InChI=1S/C16H17BrFNO2S/c1-2-3-4-12-5-8-14(9-6-12)19-22(20,21)16-10-7-13(17)11-15(16)18/h5-11,19H,2-4H2,1H3. The molecular formula is C16H17BrFNO2S. The molecule has 0 aromatic heterocycles. The van der Waals surface area contributed by atoms with E-state index in [0.29, 0.717) is 10.2 Å². The first-order chi connectivity index (χ1) is 10.4. The van der Waals surface area contributed by atoms with Crippen molar-refractivity contribution in [3.8, 4) is 0 Å². The lowest BCUT2D eigenvalue weighted by atomic mass is 10.1. The van der Waals surface area contributed by atoms with Gasteiger partial charge in [-0.1, -0.05) is 41.4 Å². The molecule has 0 bridgehead atoms. The van der Waals surface area contributed by atoms with E-state index in [1.165, 1.54) is 12.1 Å². The Kier molecular flexibility index (Phi) is 5.58. The van der Waals surface area contributed by atoms with Crippen molar-refractivity contribution in [2.75, 3.05) is 4.72 Å². The van der Waals surface area contributed by atoms with Gasteiger partial charge in [0, 0.05) is 10.2 Å². The minimum Gasteiger partial charge on any atom is -0.280 e. The number of sulfonamides is 1. The van der Waals surface area contributed by atoms with E-state index < -0.39 is 15.8 Å². The van der Waals surface area contributed by atoms with E-state index >= 15 is 0 Å². The summed E-state index contributed by atoms with van der Waals surface area (Å²) in [4.78, 5) is -0.370. The van der Waals surface area contributed by atoms with Crippen molar-refractivity contribution in [1.82, 2.24) is 0 Å². The third kappa shape index (κ3) is 4.30. The van der Waals surface area contributed by atoms with Crippen molar-refractivity contribution in [2.24, 2.45) is 0 Å². The lowest BCUT2D eigenvalue weighted by Crippen LogP contribution is -2.14. The zero-order valence-electron chi connectivity index (χ0n) is 12.1. The molecule has 0 heterocycles. The fourth-order valence-electron chi connectivity index (χ4n) is 2.02. The Hall–Kier alpha value is -1.40. The van der Waals surface area contributed by atoms with Gasteiger partial charge in [0.1, 0.15) is 10.7 Å². The molecule has 0 aliphatic rings. The van der Waals surface area contributed by atoms with E-state index in [-0.39, 0.29) is 4.90 Å². The second-order valence-electron chi connectivity index (χ2n) is 4.98. The van der Waals surface area contributed by atoms with Gasteiger partial charge in [0.25, 0.3) is 10.0 Å². The van der Waals surface area contributed by atoms with E-state index in [9.17, 15) is 12.8 Å². The lowest BCUT2D eigenvalue weighted by Gasteiger charge is -2.10. The van der Waals surface area contributed by atoms with Gasteiger partial charge in [-0.25, -0.2) is 12.8 Å². The van der Waals surface area contributed by atoms with Crippen LogP contribution >= 0.6 is 15.9 Å². The highest BCUT2D eigenvalue weighted by molar-refractivity contribution is 9.10. The molecule has 2 aromatic rings. The van der Waals surface area contributed by atoms with Gasteiger partial charge in [0.2, 0.25) is 0 Å². The summed E-state index contributed by atoms with van der Waals surface area (Å²) >= 11 is 3.10. The highest BCUT2D eigenvalue weighted by Crippen LogP contribution is 2.22. The van der Waals surface area contributed by atoms with E-state index in [1.807, 2.05) is 12.1 Å². The van der Waals surface area contributed by atoms with Crippen molar-refractivity contribution in [3.05, 3.63) is 58.3 Å². The molecule has 0 radical (unpaired) electrons. The molecule has 3 nitrogen and oxygen atoms in total. The Morgan fingerprint density at radius 1 is 1.14 bits per heavy atom. The maximum atomic E-state index is 13.8. The number of hydrogen-bond acceptors (Lipinski definition) is 2. The minimum absolute atomic E-state index is 0.370. The summed E-state index contributed by atoms with van der Waals surface area (Å²) in [5, 5.41) is 0. The number of hydrogen-bond donors (Lipinski definition) is 1. The maximum Gasteiger partial charge on any atom is 0.264 e. The van der Waals surface area contributed by atoms with Crippen LogP contribution in [0.4, 0.5) is 10.1 Å². The van der Waals surface area contributed by atoms with Crippen LogP contribution in [0, 0.1) is 5.82 Å². The molecule has 2 rings (SSSR count). The van der Waals surface area contributed by atoms with Gasteiger partial charge in [0.15, 0.2) is 0 Å². The monoisotopic (exact) mass is 385 g/mol. The molecular weight excluding hydrogens is 369 g/mol. The molecule has 0 saturated carbocycles. The average molecular weight is 386 g/mol. The number of nitrogens with one attached hydrogen (secondary N) is 1. The van der Waals surface area contributed by atoms with Crippen LogP contribution in [0.3, 0.4) is 0 Å². The molecule has 22 heavy (non-hydrogen) atoms. The number of unbranched alkanes of at least 4 members (excludes halogenated alkanes) is 1. The Morgan fingerprint density at radius 3 is 2.41 bits per heavy atom. The Labute approximate surface area is 138 Å². The SMILES string of the molecule is CCCCc1ccc(NS(=O)(=O)c2ccc(Br)cc2F)cc1. The van der Waals surface area contributed by atoms with Gasteiger partial charge in [-0.3, -0.25) is 4.72 Å². The zero-order valence-corrected chi connectivity index (χ0v) is 14.5. The minimum atomic E-state index is -3.94. The van der Waals surface area contributed by atoms with Crippen molar-refractivity contribution >= 4 is 31.6 Å². The van der Waals surface area contributed by atoms with Crippen LogP contribution in [-0.2, 0) is 16.4 Å². The summed E-state index contributed by atoms with van der Waals surface area (Å²) in [6.45, 7) is 2.12. The summed E-state index contributed by atoms with van der Waals surface area (Å²) < 4.78 is 41.1. The molecule has 1 N–H and O–H groups in total. The van der Waals surface area contributed by atoms with Gasteiger partial charge in [-0.15, -0.1) is 0 Å². The van der Waals surface area contributed by atoms with Crippen molar-refractivity contribution in [1.29, 1.82) is 0 Å². The second-order valence-corrected chi connectivity index (χ2v) is 7.55. The quantitative estimate of drug-likeness (QED) is 0.780. The van der Waals surface area contributed by atoms with Gasteiger partial charge in [-0.05, 0) is 48.7 Å². The van der Waals surface area contributed by atoms with Gasteiger partial charge >= 0.3 is 0 Å². The van der Waals surface area contributed by atoms with Crippen LogP contribution in [0.2, 0.25) is 0 Å². The first-order valence-electron chi connectivity index (χ1n) is 6.99. The molecule has 6 heteroatoms. The molecule has 0 saturated heterocycles. The summed E-state index contributed by atoms with van der Waals surface area (Å²) in [6.07, 6.45) is 3.16. The molecule has 118 valence electrons. The predicted molar refractivity (Wildman–Crippen MR) is 90.0 cm³/mol. The Balaban J connectivity index is 2.18. The summed E-state index contributed by atoms with van der Waals surface area (Å²) in [7, 11) is -3.94. The molecule has 2 aromatic carbocycles. The maximum absolute atomic E-state index is 13.8. The van der Waals surface area contributed by atoms with Crippen LogP contribution in [0.15, 0.2) is 51.8 Å². The average Bonchev–Trinajstić information content (AvgIpc) is 2.45. The van der Waals surface area contributed by atoms with Gasteiger partial charge in [0.05, 0.1) is 0 Å². The summed E-state index contributed by atoms with van der Waals surface area (Å²) in [5.41, 5.74) is 1.57. The van der Waals surface area contributed by atoms with Crippen molar-refractivity contribution in [2.45, 2.75) is 31.1 Å². The van der Waals surface area contributed by atoms with E-state index in [4.69, 9.17) is 0 Å². The van der Waals surface area contributed by atoms with Gasteiger partial charge in [-0.2, -0.15) is 0 Å². The number of halogens is 2. The number of anilines is 1. The van der Waals surface area contributed by atoms with Crippen LogP contribution in [0.5, 0.6) is 0 Å². The van der Waals surface area contributed by atoms with Crippen molar-refractivity contribution < 1.29 is 12.8 Å². The number of benzene rings is 2. The fraction of sp³-hybridized carbons (Fsp3) is 0.250. The Bertz CT molecular complexity index is 745. The van der Waals surface area contributed by atoms with Crippen LogP contribution in [0.25, 0.3) is 0 Å². The van der Waals surface area contributed by atoms with Crippen LogP contribution in [0.1, 0.15) is 25.3 Å². The molecule has 0 atom stereocenters. The lowest BCUT2D eigenvalue weighted by molar-refractivity contribution is 0.570. The summed E-state index contributed by atoms with van der Waals surface area (Å²) in [6, 6.07) is 11.0. The summed E-state index contributed by atoms with van der Waals surface area (Å²) in [5.74, 6) is -0.790. The topological polar surface area (TPSA) is 46.2 Å². The first kappa shape index (κ1) is 17.0. The highest BCUT2D eigenvalue weighted by Gasteiger charge is 2.19. The molecule has 0 aliphatic heterocycles. The fourth-order valence-corrected chi connectivity index (χ4v) is 3.48. The van der Waals surface area contributed by atoms with E-state index in [0.717, 1.165) is 30.9 Å². The number of aryl methyl sites for hydroxylation is 1. The first-order valence-corrected chi connectivity index (χ1v) is 9.27. The third-order valence-electron chi connectivity index (χ3n) is 3.21. The predicted octanol–water partition coefficient (Wildman–Crippen LogP) is 4.73. The molecule has 0 fully saturated rings. The van der Waals surface area contributed by atoms with Crippen LogP contribution in [-0.4, -0.2) is 8.42 Å². The van der Waals surface area contributed by atoms with Gasteiger partial charge < -0.3 is 0 Å². The third-order valence-corrected chi connectivity index (χ3v) is 5.12. The van der Waals surface area contributed by atoms with Crippen LogP contribution < -0.4 is 4.72 Å². The van der Waals surface area contributed by atoms with E-state index in [1.54, 1.807) is 12.1 Å². The number of rotatable bonds is 6.